The molecule has 16 heavy (non-hydrogen) atoms. The minimum Gasteiger partial charge on any atom is -0.308 e. The molecule has 2 aromatic heterocycles. The van der Waals surface area contributed by atoms with Crippen molar-refractivity contribution in [3.63, 3.8) is 0 Å². The second-order valence-electron chi connectivity index (χ2n) is 4.42. The fraction of sp³-hybridized carbons (Fsp3) is 0.417. The van der Waals surface area contributed by atoms with E-state index >= 15 is 0 Å². The number of pyridine rings is 1. The molecule has 0 radical (unpaired) electrons. The standard InChI is InChI=1S/C12H16N4/c1-15-6-4-13-11(9-15)10-2-3-12-14-5-7-16(12)8-10/h2-3,5,7-8,11,13H,4,6,9H2,1H3. The Kier molecular flexibility index (Phi) is 2.38. The Hall–Kier alpha value is -1.39. The number of likely N-dealkylation sites (N-methyl/N-ethyl adjacent to an activating group) is 1. The van der Waals surface area contributed by atoms with E-state index in [2.05, 4.69) is 45.0 Å². The highest BCUT2D eigenvalue weighted by atomic mass is 15.2. The molecule has 1 fully saturated rings. The van der Waals surface area contributed by atoms with Crippen molar-refractivity contribution in [2.24, 2.45) is 0 Å². The molecule has 2 aromatic rings. The van der Waals surface area contributed by atoms with Gasteiger partial charge in [0.05, 0.1) is 0 Å². The Bertz CT molecular complexity index is 490. The first-order valence-electron chi connectivity index (χ1n) is 5.67. The number of piperazine rings is 1. The third-order valence-corrected chi connectivity index (χ3v) is 3.19. The average Bonchev–Trinajstić information content (AvgIpc) is 2.75. The SMILES string of the molecule is CN1CCNC(c2ccc3nccn3c2)C1. The summed E-state index contributed by atoms with van der Waals surface area (Å²) in [5.41, 5.74) is 2.34. The third kappa shape index (κ3) is 1.70. The van der Waals surface area contributed by atoms with Gasteiger partial charge in [0.1, 0.15) is 5.65 Å². The van der Waals surface area contributed by atoms with Crippen LogP contribution in [0.1, 0.15) is 11.6 Å². The van der Waals surface area contributed by atoms with Crippen molar-refractivity contribution in [3.8, 4) is 0 Å². The molecule has 0 amide bonds. The van der Waals surface area contributed by atoms with Crippen molar-refractivity contribution >= 4 is 5.65 Å². The fourth-order valence-corrected chi connectivity index (χ4v) is 2.26. The molecule has 1 atom stereocenters. The highest BCUT2D eigenvalue weighted by molar-refractivity contribution is 5.40. The second-order valence-corrected chi connectivity index (χ2v) is 4.42. The van der Waals surface area contributed by atoms with E-state index in [4.69, 9.17) is 0 Å². The molecule has 1 N–H and O–H groups in total. The van der Waals surface area contributed by atoms with Gasteiger partial charge in [-0.1, -0.05) is 6.07 Å². The zero-order valence-electron chi connectivity index (χ0n) is 9.43. The van der Waals surface area contributed by atoms with E-state index < -0.39 is 0 Å². The van der Waals surface area contributed by atoms with Crippen molar-refractivity contribution in [1.29, 1.82) is 0 Å². The number of nitrogens with one attached hydrogen (secondary N) is 1. The van der Waals surface area contributed by atoms with E-state index in [0.29, 0.717) is 6.04 Å². The summed E-state index contributed by atoms with van der Waals surface area (Å²) in [7, 11) is 2.17. The predicted molar refractivity (Wildman–Crippen MR) is 63.4 cm³/mol. The third-order valence-electron chi connectivity index (χ3n) is 3.19. The first-order valence-corrected chi connectivity index (χ1v) is 5.67. The topological polar surface area (TPSA) is 32.6 Å². The Morgan fingerprint density at radius 1 is 1.44 bits per heavy atom. The van der Waals surface area contributed by atoms with Crippen molar-refractivity contribution in [3.05, 3.63) is 36.3 Å². The minimum atomic E-state index is 0.436. The van der Waals surface area contributed by atoms with Crippen LogP contribution in [0.4, 0.5) is 0 Å². The summed E-state index contributed by atoms with van der Waals surface area (Å²) in [6, 6.07) is 4.68. The van der Waals surface area contributed by atoms with Crippen LogP contribution in [0, 0.1) is 0 Å². The molecular weight excluding hydrogens is 200 g/mol. The second kappa shape index (κ2) is 3.88. The van der Waals surface area contributed by atoms with Gasteiger partial charge in [-0.05, 0) is 18.7 Å². The lowest BCUT2D eigenvalue weighted by atomic mass is 10.1. The number of hydrogen-bond acceptors (Lipinski definition) is 3. The van der Waals surface area contributed by atoms with Crippen molar-refractivity contribution in [2.45, 2.75) is 6.04 Å². The van der Waals surface area contributed by atoms with Crippen LogP contribution in [0.15, 0.2) is 30.7 Å². The molecule has 0 spiro atoms. The zero-order chi connectivity index (χ0) is 11.0. The maximum absolute atomic E-state index is 4.25. The molecular formula is C12H16N4. The smallest absolute Gasteiger partial charge is 0.136 e. The van der Waals surface area contributed by atoms with Crippen molar-refractivity contribution in [1.82, 2.24) is 19.6 Å². The summed E-state index contributed by atoms with van der Waals surface area (Å²) in [5.74, 6) is 0. The molecule has 0 aliphatic carbocycles. The summed E-state index contributed by atoms with van der Waals surface area (Å²) in [4.78, 5) is 6.61. The Balaban J connectivity index is 1.92. The lowest BCUT2D eigenvalue weighted by Crippen LogP contribution is -2.43. The summed E-state index contributed by atoms with van der Waals surface area (Å²) < 4.78 is 2.08. The molecule has 1 aliphatic heterocycles. The van der Waals surface area contributed by atoms with Crippen LogP contribution < -0.4 is 5.32 Å². The van der Waals surface area contributed by atoms with Crippen LogP contribution in [-0.2, 0) is 0 Å². The van der Waals surface area contributed by atoms with E-state index in [-0.39, 0.29) is 0 Å². The number of nitrogens with zero attached hydrogens (tertiary/aromatic N) is 3. The number of hydrogen-bond donors (Lipinski definition) is 1. The van der Waals surface area contributed by atoms with Crippen molar-refractivity contribution in [2.75, 3.05) is 26.7 Å². The lowest BCUT2D eigenvalue weighted by molar-refractivity contribution is 0.240. The highest BCUT2D eigenvalue weighted by Gasteiger charge is 2.18. The molecule has 4 heteroatoms. The molecule has 3 rings (SSSR count). The van der Waals surface area contributed by atoms with E-state index in [1.54, 1.807) is 0 Å². The lowest BCUT2D eigenvalue weighted by Gasteiger charge is -2.31. The van der Waals surface area contributed by atoms with Gasteiger partial charge < -0.3 is 14.6 Å². The molecule has 1 unspecified atom stereocenters. The van der Waals surface area contributed by atoms with Crippen LogP contribution in [-0.4, -0.2) is 41.0 Å². The van der Waals surface area contributed by atoms with Gasteiger partial charge in [-0.2, -0.15) is 0 Å². The average molecular weight is 216 g/mol. The quantitative estimate of drug-likeness (QED) is 0.769. The largest absolute Gasteiger partial charge is 0.308 e. The molecule has 3 heterocycles. The van der Waals surface area contributed by atoms with Gasteiger partial charge in [0.15, 0.2) is 0 Å². The number of rotatable bonds is 1. The van der Waals surface area contributed by atoms with Crippen LogP contribution in [0.5, 0.6) is 0 Å². The minimum absolute atomic E-state index is 0.436. The monoisotopic (exact) mass is 216 g/mol. The Labute approximate surface area is 94.9 Å². The zero-order valence-corrected chi connectivity index (χ0v) is 9.43. The summed E-state index contributed by atoms with van der Waals surface area (Å²) >= 11 is 0. The van der Waals surface area contributed by atoms with Gasteiger partial charge >= 0.3 is 0 Å². The van der Waals surface area contributed by atoms with Crippen molar-refractivity contribution < 1.29 is 0 Å². The van der Waals surface area contributed by atoms with E-state index in [9.17, 15) is 0 Å². The van der Waals surface area contributed by atoms with Gasteiger partial charge in [0.25, 0.3) is 0 Å². The van der Waals surface area contributed by atoms with Crippen LogP contribution in [0.25, 0.3) is 5.65 Å². The number of fused-ring (bicyclic) bond motifs is 1. The van der Waals surface area contributed by atoms with Crippen LogP contribution in [0.3, 0.4) is 0 Å². The maximum Gasteiger partial charge on any atom is 0.136 e. The van der Waals surface area contributed by atoms with Gasteiger partial charge in [-0.3, -0.25) is 0 Å². The maximum atomic E-state index is 4.25. The number of imidazole rings is 1. The first kappa shape index (κ1) is 9.81. The van der Waals surface area contributed by atoms with E-state index in [1.807, 2.05) is 12.4 Å². The fourth-order valence-electron chi connectivity index (χ4n) is 2.26. The number of aromatic nitrogens is 2. The summed E-state index contributed by atoms with van der Waals surface area (Å²) in [6.07, 6.45) is 5.99. The van der Waals surface area contributed by atoms with E-state index in [1.165, 1.54) is 5.56 Å². The predicted octanol–water partition coefficient (Wildman–Crippen LogP) is 0.910. The summed E-state index contributed by atoms with van der Waals surface area (Å²) in [5, 5.41) is 3.55. The van der Waals surface area contributed by atoms with E-state index in [0.717, 1.165) is 25.3 Å². The molecule has 4 nitrogen and oxygen atoms in total. The molecule has 1 aliphatic rings. The van der Waals surface area contributed by atoms with Crippen LogP contribution >= 0.6 is 0 Å². The van der Waals surface area contributed by atoms with Gasteiger partial charge in [0.2, 0.25) is 0 Å². The van der Waals surface area contributed by atoms with Crippen LogP contribution in [0.2, 0.25) is 0 Å². The summed E-state index contributed by atoms with van der Waals surface area (Å²) in [6.45, 7) is 3.26. The van der Waals surface area contributed by atoms with Gasteiger partial charge in [0, 0.05) is 44.3 Å². The van der Waals surface area contributed by atoms with Gasteiger partial charge in [-0.25, -0.2) is 4.98 Å². The molecule has 84 valence electrons. The normalized spacial score (nSPS) is 22.7. The highest BCUT2D eigenvalue weighted by Crippen LogP contribution is 2.17. The molecule has 0 aromatic carbocycles. The molecule has 1 saturated heterocycles. The Morgan fingerprint density at radius 3 is 3.25 bits per heavy atom. The van der Waals surface area contributed by atoms with Gasteiger partial charge in [-0.15, -0.1) is 0 Å². The molecule has 0 bridgehead atoms. The Morgan fingerprint density at radius 2 is 2.38 bits per heavy atom. The first-order chi connectivity index (χ1) is 7.83. The molecule has 0 saturated carbocycles.